The Morgan fingerprint density at radius 3 is 3.19 bits per heavy atom. The van der Waals surface area contributed by atoms with E-state index in [1.165, 1.54) is 25.2 Å². The van der Waals surface area contributed by atoms with Gasteiger partial charge in [-0.25, -0.2) is 4.98 Å². The van der Waals surface area contributed by atoms with Gasteiger partial charge in [0, 0.05) is 31.5 Å². The lowest BCUT2D eigenvalue weighted by molar-refractivity contribution is 0.190. The van der Waals surface area contributed by atoms with Crippen molar-refractivity contribution in [2.75, 3.05) is 20.1 Å². The van der Waals surface area contributed by atoms with Gasteiger partial charge in [-0.3, -0.25) is 4.90 Å². The Labute approximate surface area is 97.7 Å². The molecule has 0 radical (unpaired) electrons. The van der Waals surface area contributed by atoms with E-state index in [0.717, 1.165) is 19.6 Å². The van der Waals surface area contributed by atoms with Crippen LogP contribution < -0.4 is 5.32 Å². The highest BCUT2D eigenvalue weighted by Crippen LogP contribution is 2.11. The zero-order chi connectivity index (χ0) is 11.4. The van der Waals surface area contributed by atoms with Gasteiger partial charge in [0.25, 0.3) is 0 Å². The topological polar surface area (TPSA) is 33.1 Å². The fourth-order valence-electron chi connectivity index (χ4n) is 2.34. The SMILES string of the molecule is CCn1ccnc1CN(C)C1CCCNC1. The third-order valence-electron chi connectivity index (χ3n) is 3.43. The Bertz CT molecular complexity index is 315. The van der Waals surface area contributed by atoms with Crippen molar-refractivity contribution in [3.05, 3.63) is 18.2 Å². The summed E-state index contributed by atoms with van der Waals surface area (Å²) in [5.41, 5.74) is 0. The van der Waals surface area contributed by atoms with Gasteiger partial charge in [-0.1, -0.05) is 0 Å². The molecule has 1 unspecified atom stereocenters. The average Bonchev–Trinajstić information content (AvgIpc) is 2.77. The minimum Gasteiger partial charge on any atom is -0.334 e. The standard InChI is InChI=1S/C12H22N4/c1-3-16-8-7-14-12(16)10-15(2)11-5-4-6-13-9-11/h7-8,11,13H,3-6,9-10H2,1-2H3. The van der Waals surface area contributed by atoms with Crippen molar-refractivity contribution < 1.29 is 0 Å². The number of nitrogens with zero attached hydrogens (tertiary/aromatic N) is 3. The molecule has 0 aromatic carbocycles. The van der Waals surface area contributed by atoms with Crippen LogP contribution in [0, 0.1) is 0 Å². The fraction of sp³-hybridized carbons (Fsp3) is 0.750. The molecule has 1 N–H and O–H groups in total. The van der Waals surface area contributed by atoms with Crippen LogP contribution in [0.5, 0.6) is 0 Å². The second-order valence-electron chi connectivity index (χ2n) is 4.54. The molecular formula is C12H22N4. The number of nitrogens with one attached hydrogen (secondary N) is 1. The Kier molecular flexibility index (Phi) is 3.96. The van der Waals surface area contributed by atoms with Crippen LogP contribution in [0.2, 0.25) is 0 Å². The quantitative estimate of drug-likeness (QED) is 0.828. The maximum absolute atomic E-state index is 4.42. The van der Waals surface area contributed by atoms with E-state index in [1.807, 2.05) is 6.20 Å². The minimum atomic E-state index is 0.663. The third kappa shape index (κ3) is 2.62. The van der Waals surface area contributed by atoms with Gasteiger partial charge in [0.1, 0.15) is 5.82 Å². The van der Waals surface area contributed by atoms with Gasteiger partial charge in [0.15, 0.2) is 0 Å². The van der Waals surface area contributed by atoms with Crippen LogP contribution in [-0.2, 0) is 13.1 Å². The summed E-state index contributed by atoms with van der Waals surface area (Å²) in [6.07, 6.45) is 6.54. The molecule has 4 heteroatoms. The second kappa shape index (κ2) is 5.46. The average molecular weight is 222 g/mol. The van der Waals surface area contributed by atoms with Crippen molar-refractivity contribution in [2.45, 2.75) is 38.9 Å². The first-order chi connectivity index (χ1) is 7.81. The largest absolute Gasteiger partial charge is 0.334 e. The number of hydrogen-bond donors (Lipinski definition) is 1. The molecular weight excluding hydrogens is 200 g/mol. The Balaban J connectivity index is 1.93. The summed E-state index contributed by atoms with van der Waals surface area (Å²) in [7, 11) is 2.20. The first-order valence-corrected chi connectivity index (χ1v) is 6.22. The van der Waals surface area contributed by atoms with Crippen LogP contribution in [0.4, 0.5) is 0 Å². The lowest BCUT2D eigenvalue weighted by Crippen LogP contribution is -2.44. The fourth-order valence-corrected chi connectivity index (χ4v) is 2.34. The summed E-state index contributed by atoms with van der Waals surface area (Å²) in [6, 6.07) is 0.663. The molecule has 4 nitrogen and oxygen atoms in total. The minimum absolute atomic E-state index is 0.663. The molecule has 0 aliphatic carbocycles. The summed E-state index contributed by atoms with van der Waals surface area (Å²) in [6.45, 7) is 6.41. The van der Waals surface area contributed by atoms with Gasteiger partial charge in [-0.15, -0.1) is 0 Å². The predicted octanol–water partition coefficient (Wildman–Crippen LogP) is 1.09. The molecule has 1 aromatic rings. The molecule has 0 amide bonds. The van der Waals surface area contributed by atoms with E-state index in [2.05, 4.69) is 39.9 Å². The monoisotopic (exact) mass is 222 g/mol. The molecule has 1 fully saturated rings. The van der Waals surface area contributed by atoms with E-state index < -0.39 is 0 Å². The van der Waals surface area contributed by atoms with Gasteiger partial charge >= 0.3 is 0 Å². The Hall–Kier alpha value is -0.870. The lowest BCUT2D eigenvalue weighted by atomic mass is 10.1. The van der Waals surface area contributed by atoms with E-state index in [-0.39, 0.29) is 0 Å². The van der Waals surface area contributed by atoms with E-state index in [9.17, 15) is 0 Å². The highest BCUT2D eigenvalue weighted by molar-refractivity contribution is 4.93. The number of aryl methyl sites for hydroxylation is 1. The number of rotatable bonds is 4. The molecule has 1 atom stereocenters. The van der Waals surface area contributed by atoms with Crippen molar-refractivity contribution in [3.8, 4) is 0 Å². The van der Waals surface area contributed by atoms with Crippen molar-refractivity contribution in [1.29, 1.82) is 0 Å². The van der Waals surface area contributed by atoms with Crippen molar-refractivity contribution >= 4 is 0 Å². The predicted molar refractivity (Wildman–Crippen MR) is 65.3 cm³/mol. The Morgan fingerprint density at radius 1 is 1.62 bits per heavy atom. The van der Waals surface area contributed by atoms with Crippen LogP contribution in [0.15, 0.2) is 12.4 Å². The van der Waals surface area contributed by atoms with Gasteiger partial charge in [-0.2, -0.15) is 0 Å². The van der Waals surface area contributed by atoms with Gasteiger partial charge in [0.05, 0.1) is 6.54 Å². The van der Waals surface area contributed by atoms with Crippen molar-refractivity contribution in [2.24, 2.45) is 0 Å². The summed E-state index contributed by atoms with van der Waals surface area (Å²) < 4.78 is 2.22. The first kappa shape index (κ1) is 11.6. The molecule has 90 valence electrons. The van der Waals surface area contributed by atoms with E-state index in [0.29, 0.717) is 6.04 Å². The number of piperidine rings is 1. The van der Waals surface area contributed by atoms with E-state index in [1.54, 1.807) is 0 Å². The van der Waals surface area contributed by atoms with Gasteiger partial charge < -0.3 is 9.88 Å². The second-order valence-corrected chi connectivity index (χ2v) is 4.54. The number of aromatic nitrogens is 2. The Morgan fingerprint density at radius 2 is 2.50 bits per heavy atom. The van der Waals surface area contributed by atoms with Crippen LogP contribution in [0.1, 0.15) is 25.6 Å². The smallest absolute Gasteiger partial charge is 0.122 e. The van der Waals surface area contributed by atoms with Crippen LogP contribution in [0.3, 0.4) is 0 Å². The van der Waals surface area contributed by atoms with E-state index >= 15 is 0 Å². The van der Waals surface area contributed by atoms with E-state index in [4.69, 9.17) is 0 Å². The molecule has 1 aliphatic rings. The van der Waals surface area contributed by atoms with Crippen LogP contribution in [0.25, 0.3) is 0 Å². The summed E-state index contributed by atoms with van der Waals surface area (Å²) in [4.78, 5) is 6.84. The zero-order valence-corrected chi connectivity index (χ0v) is 10.3. The highest BCUT2D eigenvalue weighted by Gasteiger charge is 2.18. The molecule has 0 spiro atoms. The molecule has 2 heterocycles. The van der Waals surface area contributed by atoms with Gasteiger partial charge in [-0.05, 0) is 33.4 Å². The van der Waals surface area contributed by atoms with Gasteiger partial charge in [0.2, 0.25) is 0 Å². The molecule has 0 saturated carbocycles. The molecule has 1 saturated heterocycles. The molecule has 1 aromatic heterocycles. The molecule has 16 heavy (non-hydrogen) atoms. The normalized spacial score (nSPS) is 21.6. The van der Waals surface area contributed by atoms with Crippen LogP contribution >= 0.6 is 0 Å². The lowest BCUT2D eigenvalue weighted by Gasteiger charge is -2.31. The van der Waals surface area contributed by atoms with Crippen molar-refractivity contribution in [3.63, 3.8) is 0 Å². The molecule has 1 aliphatic heterocycles. The first-order valence-electron chi connectivity index (χ1n) is 6.22. The molecule has 2 rings (SSSR count). The number of imidazole rings is 1. The highest BCUT2D eigenvalue weighted by atomic mass is 15.2. The third-order valence-corrected chi connectivity index (χ3v) is 3.43. The van der Waals surface area contributed by atoms with Crippen LogP contribution in [-0.4, -0.2) is 40.6 Å². The maximum atomic E-state index is 4.42. The number of likely N-dealkylation sites (N-methyl/N-ethyl adjacent to an activating group) is 1. The molecule has 0 bridgehead atoms. The van der Waals surface area contributed by atoms with Crippen molar-refractivity contribution in [1.82, 2.24) is 19.8 Å². The number of hydrogen-bond acceptors (Lipinski definition) is 3. The summed E-state index contributed by atoms with van der Waals surface area (Å²) in [5, 5.41) is 3.46. The summed E-state index contributed by atoms with van der Waals surface area (Å²) >= 11 is 0. The zero-order valence-electron chi connectivity index (χ0n) is 10.3. The summed E-state index contributed by atoms with van der Waals surface area (Å²) in [5.74, 6) is 1.18. The maximum Gasteiger partial charge on any atom is 0.122 e.